The molecule has 0 saturated heterocycles. The first-order valence-corrected chi connectivity index (χ1v) is 14.7. The first-order chi connectivity index (χ1) is 18.0. The molecule has 38 heavy (non-hydrogen) atoms. The minimum absolute atomic E-state index is 0.00492. The van der Waals surface area contributed by atoms with Gasteiger partial charge in [0, 0.05) is 22.8 Å². The van der Waals surface area contributed by atoms with Crippen molar-refractivity contribution in [2.24, 2.45) is 0 Å². The van der Waals surface area contributed by atoms with E-state index in [0.29, 0.717) is 30.0 Å². The van der Waals surface area contributed by atoms with Crippen molar-refractivity contribution in [1.82, 2.24) is 9.78 Å². The van der Waals surface area contributed by atoms with E-state index in [1.54, 1.807) is 12.3 Å². The van der Waals surface area contributed by atoms with Gasteiger partial charge in [-0.3, -0.25) is 13.7 Å². The van der Waals surface area contributed by atoms with Crippen molar-refractivity contribution in [2.75, 3.05) is 6.61 Å². The number of aryl methyl sites for hydroxylation is 2. The molecule has 0 bridgehead atoms. The smallest absolute Gasteiger partial charge is 0.360 e. The summed E-state index contributed by atoms with van der Waals surface area (Å²) in [5.41, 5.74) is 7.23. The van der Waals surface area contributed by atoms with Gasteiger partial charge in [-0.05, 0) is 105 Å². The molecule has 0 saturated carbocycles. The third kappa shape index (κ3) is 6.01. The second kappa shape index (κ2) is 11.9. The topological polar surface area (TPSA) is 70.4 Å². The van der Waals surface area contributed by atoms with E-state index in [-0.39, 0.29) is 28.6 Å². The van der Waals surface area contributed by atoms with Crippen molar-refractivity contribution in [1.29, 1.82) is 0 Å². The van der Waals surface area contributed by atoms with Gasteiger partial charge in [0.25, 0.3) is 0 Å². The Morgan fingerprint density at radius 2 is 1.95 bits per heavy atom. The van der Waals surface area contributed by atoms with Gasteiger partial charge in [0.2, 0.25) is 0 Å². The number of rotatable bonds is 10. The minimum atomic E-state index is -2.02. The number of hydrogen-bond donors (Lipinski definition) is 0. The molecular formula is C29H34Cl2N2O4S. The molecule has 0 spiro atoms. The molecule has 2 aromatic carbocycles. The Morgan fingerprint density at radius 3 is 2.66 bits per heavy atom. The molecule has 1 atom stereocenters. The van der Waals surface area contributed by atoms with Crippen molar-refractivity contribution in [2.45, 2.75) is 78.7 Å². The quantitative estimate of drug-likeness (QED) is 0.187. The molecule has 1 unspecified atom stereocenters. The number of carbonyl (C=O) groups is 1. The SMILES string of the molecule is CCn1ncc(C(=O)c2cc(C)c3c(c2C)C(C)(C)CCC3)c1CCCOS(=O)Oc1ccc(Cl)cc1Cl. The zero-order valence-electron chi connectivity index (χ0n) is 22.5. The van der Waals surface area contributed by atoms with Crippen molar-refractivity contribution in [3.05, 3.63) is 79.6 Å². The summed E-state index contributed by atoms with van der Waals surface area (Å²) >= 11 is 9.93. The van der Waals surface area contributed by atoms with E-state index >= 15 is 0 Å². The molecule has 0 N–H and O–H groups in total. The molecule has 6 nitrogen and oxygen atoms in total. The largest absolute Gasteiger partial charge is 0.378 e. The number of nitrogens with zero attached hydrogens (tertiary/aromatic N) is 2. The number of fused-ring (bicyclic) bond motifs is 1. The van der Waals surface area contributed by atoms with Crippen LogP contribution in [-0.4, -0.2) is 26.4 Å². The first kappa shape index (κ1) is 28.8. The van der Waals surface area contributed by atoms with Crippen LogP contribution in [-0.2, 0) is 40.3 Å². The van der Waals surface area contributed by atoms with Gasteiger partial charge in [0.1, 0.15) is 0 Å². The van der Waals surface area contributed by atoms with Crippen LogP contribution in [0.25, 0.3) is 0 Å². The summed E-state index contributed by atoms with van der Waals surface area (Å²) in [4.78, 5) is 13.9. The summed E-state index contributed by atoms with van der Waals surface area (Å²) in [5, 5.41) is 5.19. The van der Waals surface area contributed by atoms with Crippen molar-refractivity contribution in [3.8, 4) is 5.75 Å². The van der Waals surface area contributed by atoms with Crippen LogP contribution in [0.3, 0.4) is 0 Å². The molecule has 3 aromatic rings. The Bertz CT molecular complexity index is 1380. The molecule has 204 valence electrons. The molecule has 4 rings (SSSR count). The van der Waals surface area contributed by atoms with Crippen LogP contribution in [0, 0.1) is 13.8 Å². The summed E-state index contributed by atoms with van der Waals surface area (Å²) < 4.78 is 24.7. The number of aromatic nitrogens is 2. The molecule has 0 amide bonds. The lowest BCUT2D eigenvalue weighted by molar-refractivity contribution is 0.103. The fraction of sp³-hybridized carbons (Fsp3) is 0.448. The molecule has 1 aliphatic rings. The van der Waals surface area contributed by atoms with Crippen LogP contribution in [0.5, 0.6) is 5.75 Å². The van der Waals surface area contributed by atoms with E-state index < -0.39 is 11.4 Å². The molecule has 1 aromatic heterocycles. The summed E-state index contributed by atoms with van der Waals surface area (Å²) in [6.07, 6.45) is 6.10. The molecule has 1 heterocycles. The summed E-state index contributed by atoms with van der Waals surface area (Å²) in [6, 6.07) is 6.69. The summed E-state index contributed by atoms with van der Waals surface area (Å²) in [7, 11) is 0. The van der Waals surface area contributed by atoms with Crippen LogP contribution in [0.1, 0.15) is 83.9 Å². The number of hydrogen-bond acceptors (Lipinski definition) is 5. The zero-order chi connectivity index (χ0) is 27.6. The third-order valence-corrected chi connectivity index (χ3v) is 8.55. The highest BCUT2D eigenvalue weighted by Crippen LogP contribution is 2.41. The van der Waals surface area contributed by atoms with E-state index in [4.69, 9.17) is 31.6 Å². The van der Waals surface area contributed by atoms with Crippen LogP contribution in [0.15, 0.2) is 30.5 Å². The average Bonchev–Trinajstić information content (AvgIpc) is 3.27. The van der Waals surface area contributed by atoms with Gasteiger partial charge in [-0.2, -0.15) is 9.31 Å². The molecule has 9 heteroatoms. The van der Waals surface area contributed by atoms with E-state index in [9.17, 15) is 9.00 Å². The van der Waals surface area contributed by atoms with Gasteiger partial charge in [0.15, 0.2) is 11.5 Å². The number of benzene rings is 2. The Morgan fingerprint density at radius 1 is 1.18 bits per heavy atom. The van der Waals surface area contributed by atoms with Crippen molar-refractivity contribution >= 4 is 40.3 Å². The zero-order valence-corrected chi connectivity index (χ0v) is 24.9. The first-order valence-electron chi connectivity index (χ1n) is 12.9. The Hall–Kier alpha value is -2.19. The monoisotopic (exact) mass is 576 g/mol. The van der Waals surface area contributed by atoms with Gasteiger partial charge >= 0.3 is 11.4 Å². The lowest BCUT2D eigenvalue weighted by atomic mass is 9.68. The highest BCUT2D eigenvalue weighted by atomic mass is 35.5. The Labute approximate surface area is 237 Å². The number of halogens is 2. The highest BCUT2D eigenvalue weighted by Gasteiger charge is 2.32. The maximum Gasteiger partial charge on any atom is 0.360 e. The third-order valence-electron chi connectivity index (χ3n) is 7.35. The van der Waals surface area contributed by atoms with Gasteiger partial charge in [0.05, 0.1) is 23.4 Å². The average molecular weight is 578 g/mol. The Kier molecular flexibility index (Phi) is 9.03. The van der Waals surface area contributed by atoms with Crippen LogP contribution >= 0.6 is 23.2 Å². The Balaban J connectivity index is 1.48. The molecular weight excluding hydrogens is 543 g/mol. The predicted octanol–water partition coefficient (Wildman–Crippen LogP) is 7.28. The number of ketones is 1. The molecule has 0 fully saturated rings. The fourth-order valence-electron chi connectivity index (χ4n) is 5.56. The molecule has 1 aliphatic carbocycles. The standard InChI is InChI=1S/C29H34Cl2N2O4S/c1-6-33-25(10-8-14-36-38(35)37-26-12-11-20(30)16-24(26)31)23(17-32-33)28(34)22-15-18(2)21-9-7-13-29(4,5)27(21)19(22)3/h11-12,15-17H,6-10,13-14H2,1-5H3. The number of carbonyl (C=O) groups excluding carboxylic acids is 1. The lowest BCUT2D eigenvalue weighted by Crippen LogP contribution is -2.27. The van der Waals surface area contributed by atoms with Crippen LogP contribution < -0.4 is 4.18 Å². The minimum Gasteiger partial charge on any atom is -0.378 e. The van der Waals surface area contributed by atoms with Crippen LogP contribution in [0.2, 0.25) is 10.0 Å². The van der Waals surface area contributed by atoms with Gasteiger partial charge in [-0.15, -0.1) is 0 Å². The lowest BCUT2D eigenvalue weighted by Gasteiger charge is -2.36. The predicted molar refractivity (Wildman–Crippen MR) is 153 cm³/mol. The highest BCUT2D eigenvalue weighted by molar-refractivity contribution is 7.75. The summed E-state index contributed by atoms with van der Waals surface area (Å²) in [5.74, 6) is 0.222. The van der Waals surface area contributed by atoms with E-state index in [1.807, 2.05) is 11.6 Å². The van der Waals surface area contributed by atoms with Crippen molar-refractivity contribution < 1.29 is 17.4 Å². The summed E-state index contributed by atoms with van der Waals surface area (Å²) in [6.45, 7) is 11.6. The maximum atomic E-state index is 13.9. The van der Waals surface area contributed by atoms with Gasteiger partial charge in [-0.25, -0.2) is 0 Å². The van der Waals surface area contributed by atoms with Gasteiger partial charge < -0.3 is 4.18 Å². The van der Waals surface area contributed by atoms with E-state index in [2.05, 4.69) is 38.9 Å². The molecule has 0 aliphatic heterocycles. The molecule has 0 radical (unpaired) electrons. The van der Waals surface area contributed by atoms with E-state index in [0.717, 1.165) is 29.7 Å². The van der Waals surface area contributed by atoms with Crippen LogP contribution in [0.4, 0.5) is 0 Å². The second-order valence-electron chi connectivity index (χ2n) is 10.4. The maximum absolute atomic E-state index is 13.9. The second-order valence-corrected chi connectivity index (χ2v) is 12.0. The normalized spacial score (nSPS) is 15.2. The van der Waals surface area contributed by atoms with Gasteiger partial charge in [-0.1, -0.05) is 37.0 Å². The van der Waals surface area contributed by atoms with E-state index in [1.165, 1.54) is 35.2 Å². The van der Waals surface area contributed by atoms with Crippen molar-refractivity contribution in [3.63, 3.8) is 0 Å². The fourth-order valence-corrected chi connectivity index (χ4v) is 6.65.